The van der Waals surface area contributed by atoms with Crippen LogP contribution in [0.4, 0.5) is 0 Å². The van der Waals surface area contributed by atoms with Crippen molar-refractivity contribution in [2.24, 2.45) is 5.92 Å². The molecule has 3 heterocycles. The molecule has 0 spiro atoms. The summed E-state index contributed by atoms with van der Waals surface area (Å²) in [5.74, 6) is 0.581. The number of carbonyl (C=O) groups excluding carboxylic acids is 2. The lowest BCUT2D eigenvalue weighted by Crippen LogP contribution is -2.51. The number of hydrogen-bond acceptors (Lipinski definition) is 5. The van der Waals surface area contributed by atoms with Gasteiger partial charge in [-0.25, -0.2) is 0 Å². The van der Waals surface area contributed by atoms with Gasteiger partial charge in [-0.2, -0.15) is 0 Å². The third-order valence-electron chi connectivity index (χ3n) is 5.43. The van der Waals surface area contributed by atoms with Gasteiger partial charge in [-0.05, 0) is 44.4 Å². The summed E-state index contributed by atoms with van der Waals surface area (Å²) in [5, 5.41) is 2.96. The maximum absolute atomic E-state index is 12.4. The molecule has 0 saturated carbocycles. The van der Waals surface area contributed by atoms with Gasteiger partial charge >= 0.3 is 0 Å². The van der Waals surface area contributed by atoms with Gasteiger partial charge in [-0.15, -0.1) is 0 Å². The van der Waals surface area contributed by atoms with Crippen molar-refractivity contribution < 1.29 is 18.7 Å². The molecule has 1 N–H and O–H groups in total. The van der Waals surface area contributed by atoms with Crippen molar-refractivity contribution in [2.75, 3.05) is 46.4 Å². The molecule has 2 amide bonds. The van der Waals surface area contributed by atoms with Gasteiger partial charge in [0.15, 0.2) is 5.76 Å². The lowest BCUT2D eigenvalue weighted by atomic mass is 9.93. The van der Waals surface area contributed by atoms with Gasteiger partial charge < -0.3 is 19.4 Å². The Morgan fingerprint density at radius 3 is 2.77 bits per heavy atom. The maximum Gasteiger partial charge on any atom is 0.289 e. The fraction of sp³-hybridized carbons (Fsp3) is 0.684. The zero-order chi connectivity index (χ0) is 18.4. The number of methoxy groups -OCH3 is 1. The fourth-order valence-electron chi connectivity index (χ4n) is 3.96. The smallest absolute Gasteiger partial charge is 0.289 e. The fourth-order valence-corrected chi connectivity index (χ4v) is 3.96. The summed E-state index contributed by atoms with van der Waals surface area (Å²) >= 11 is 0. The molecule has 7 heteroatoms. The predicted octanol–water partition coefficient (Wildman–Crippen LogP) is 1.36. The van der Waals surface area contributed by atoms with Gasteiger partial charge in [0, 0.05) is 39.3 Å². The topological polar surface area (TPSA) is 75.0 Å². The maximum atomic E-state index is 12.4. The van der Waals surface area contributed by atoms with Crippen LogP contribution in [-0.4, -0.2) is 74.1 Å². The highest BCUT2D eigenvalue weighted by Crippen LogP contribution is 2.24. The van der Waals surface area contributed by atoms with Gasteiger partial charge in [0.1, 0.15) is 0 Å². The van der Waals surface area contributed by atoms with Crippen LogP contribution in [0.2, 0.25) is 0 Å². The second-order valence-corrected chi connectivity index (χ2v) is 7.12. The monoisotopic (exact) mass is 363 g/mol. The highest BCUT2D eigenvalue weighted by Gasteiger charge is 2.32. The molecule has 1 aromatic rings. The Balaban J connectivity index is 1.46. The van der Waals surface area contributed by atoms with Crippen molar-refractivity contribution in [2.45, 2.75) is 31.7 Å². The number of nitrogens with zero attached hydrogens (tertiary/aromatic N) is 2. The standard InChI is InChI=1S/C19H29N3O4/c1-25-13-8-20-18(23)15-4-2-9-22(14-15)16-6-10-21(11-7-16)19(24)17-5-3-12-26-17/h3,5,12,15-16H,2,4,6-11,13-14H2,1H3,(H,20,23)/t15-/m0/s1. The molecule has 0 unspecified atom stereocenters. The number of furan rings is 1. The molecule has 0 aromatic carbocycles. The van der Waals surface area contributed by atoms with Crippen LogP contribution in [0, 0.1) is 5.92 Å². The van der Waals surface area contributed by atoms with Crippen LogP contribution in [0.1, 0.15) is 36.2 Å². The Hall–Kier alpha value is -1.86. The molecule has 144 valence electrons. The molecule has 0 radical (unpaired) electrons. The third kappa shape index (κ3) is 4.65. The third-order valence-corrected chi connectivity index (χ3v) is 5.43. The number of carbonyl (C=O) groups is 2. The molecular weight excluding hydrogens is 334 g/mol. The normalized spacial score (nSPS) is 22.3. The molecular formula is C19H29N3O4. The summed E-state index contributed by atoms with van der Waals surface area (Å²) in [6.07, 6.45) is 5.43. The first-order valence-corrected chi connectivity index (χ1v) is 9.52. The van der Waals surface area contributed by atoms with Crippen LogP contribution in [0.15, 0.2) is 22.8 Å². The van der Waals surface area contributed by atoms with E-state index >= 15 is 0 Å². The van der Waals surface area contributed by atoms with E-state index in [9.17, 15) is 9.59 Å². The highest BCUT2D eigenvalue weighted by atomic mass is 16.5. The lowest BCUT2D eigenvalue weighted by Gasteiger charge is -2.41. The number of nitrogens with one attached hydrogen (secondary N) is 1. The van der Waals surface area contributed by atoms with E-state index in [1.807, 2.05) is 4.90 Å². The Kier molecular flexibility index (Phi) is 6.68. The Labute approximate surface area is 154 Å². The van der Waals surface area contributed by atoms with Crippen LogP contribution in [0.5, 0.6) is 0 Å². The minimum Gasteiger partial charge on any atom is -0.459 e. The average molecular weight is 363 g/mol. The molecule has 7 nitrogen and oxygen atoms in total. The molecule has 3 rings (SSSR count). The molecule has 0 aliphatic carbocycles. The Morgan fingerprint density at radius 2 is 2.08 bits per heavy atom. The summed E-state index contributed by atoms with van der Waals surface area (Å²) in [4.78, 5) is 29.0. The zero-order valence-corrected chi connectivity index (χ0v) is 15.5. The van der Waals surface area contributed by atoms with E-state index in [1.165, 1.54) is 6.26 Å². The predicted molar refractivity (Wildman–Crippen MR) is 96.8 cm³/mol. The van der Waals surface area contributed by atoms with Gasteiger partial charge in [-0.1, -0.05) is 0 Å². The number of likely N-dealkylation sites (tertiary alicyclic amines) is 2. The molecule has 0 bridgehead atoms. The van der Waals surface area contributed by atoms with Crippen molar-refractivity contribution in [1.82, 2.24) is 15.1 Å². The zero-order valence-electron chi connectivity index (χ0n) is 15.5. The van der Waals surface area contributed by atoms with E-state index < -0.39 is 0 Å². The van der Waals surface area contributed by atoms with E-state index in [2.05, 4.69) is 10.2 Å². The van der Waals surface area contributed by atoms with Crippen LogP contribution in [-0.2, 0) is 9.53 Å². The molecule has 2 fully saturated rings. The molecule has 1 atom stereocenters. The molecule has 2 aliphatic heterocycles. The first-order valence-electron chi connectivity index (χ1n) is 9.52. The van der Waals surface area contributed by atoms with Crippen LogP contribution < -0.4 is 5.32 Å². The van der Waals surface area contributed by atoms with E-state index in [-0.39, 0.29) is 17.7 Å². The largest absolute Gasteiger partial charge is 0.459 e. The van der Waals surface area contributed by atoms with Gasteiger partial charge in [0.25, 0.3) is 5.91 Å². The Bertz CT molecular complexity index is 582. The van der Waals surface area contributed by atoms with E-state index in [4.69, 9.17) is 9.15 Å². The van der Waals surface area contributed by atoms with Crippen molar-refractivity contribution in [3.8, 4) is 0 Å². The van der Waals surface area contributed by atoms with Gasteiger partial charge in [0.2, 0.25) is 5.91 Å². The minimum absolute atomic E-state index is 0.0255. The molecule has 1 aromatic heterocycles. The van der Waals surface area contributed by atoms with E-state index in [1.54, 1.807) is 19.2 Å². The SMILES string of the molecule is COCCNC(=O)[C@H]1CCCN(C2CCN(C(=O)c3ccco3)CC2)C1. The average Bonchev–Trinajstić information content (AvgIpc) is 3.22. The first-order chi connectivity index (χ1) is 12.7. The highest BCUT2D eigenvalue weighted by molar-refractivity contribution is 5.91. The van der Waals surface area contributed by atoms with E-state index in [0.29, 0.717) is 25.0 Å². The summed E-state index contributed by atoms with van der Waals surface area (Å²) in [5.41, 5.74) is 0. The second kappa shape index (κ2) is 9.19. The summed E-state index contributed by atoms with van der Waals surface area (Å²) in [6, 6.07) is 3.91. The first kappa shape index (κ1) is 18.9. The van der Waals surface area contributed by atoms with Crippen molar-refractivity contribution in [3.05, 3.63) is 24.2 Å². The summed E-state index contributed by atoms with van der Waals surface area (Å²) < 4.78 is 10.2. The Morgan fingerprint density at radius 1 is 1.27 bits per heavy atom. The molecule has 2 saturated heterocycles. The van der Waals surface area contributed by atoms with Crippen LogP contribution >= 0.6 is 0 Å². The van der Waals surface area contributed by atoms with Crippen molar-refractivity contribution in [1.29, 1.82) is 0 Å². The number of ether oxygens (including phenoxy) is 1. The van der Waals surface area contributed by atoms with Crippen LogP contribution in [0.3, 0.4) is 0 Å². The number of rotatable bonds is 6. The summed E-state index contributed by atoms with van der Waals surface area (Å²) in [6.45, 7) is 4.45. The van der Waals surface area contributed by atoms with Crippen LogP contribution in [0.25, 0.3) is 0 Å². The van der Waals surface area contributed by atoms with Gasteiger partial charge in [-0.3, -0.25) is 14.5 Å². The molecule has 26 heavy (non-hydrogen) atoms. The minimum atomic E-state index is -0.0255. The second-order valence-electron chi connectivity index (χ2n) is 7.12. The molecule has 2 aliphatic rings. The quantitative estimate of drug-likeness (QED) is 0.773. The number of piperidine rings is 2. The lowest BCUT2D eigenvalue weighted by molar-refractivity contribution is -0.127. The van der Waals surface area contributed by atoms with Gasteiger partial charge in [0.05, 0.1) is 18.8 Å². The number of hydrogen-bond donors (Lipinski definition) is 1. The van der Waals surface area contributed by atoms with E-state index in [0.717, 1.165) is 51.9 Å². The van der Waals surface area contributed by atoms with Crippen molar-refractivity contribution >= 4 is 11.8 Å². The summed E-state index contributed by atoms with van der Waals surface area (Å²) in [7, 11) is 1.64. The number of amides is 2. The van der Waals surface area contributed by atoms with Crippen molar-refractivity contribution in [3.63, 3.8) is 0 Å².